The van der Waals surface area contributed by atoms with Crippen LogP contribution < -0.4 is 10.6 Å². The summed E-state index contributed by atoms with van der Waals surface area (Å²) in [5.41, 5.74) is 2.19. The van der Waals surface area contributed by atoms with Crippen LogP contribution in [0.2, 0.25) is 0 Å². The Kier molecular flexibility index (Phi) is 5.82. The number of benzene rings is 1. The van der Waals surface area contributed by atoms with Gasteiger partial charge in [-0.15, -0.1) is 0 Å². The highest BCUT2D eigenvalue weighted by Gasteiger charge is 2.08. The zero-order valence-electron chi connectivity index (χ0n) is 14.2. The van der Waals surface area contributed by atoms with E-state index in [0.717, 1.165) is 12.1 Å². The number of hydrogen-bond donors (Lipinski definition) is 2. The van der Waals surface area contributed by atoms with Gasteiger partial charge < -0.3 is 19.6 Å². The first-order valence-electron chi connectivity index (χ1n) is 8.32. The smallest absolute Gasteiger partial charge is 0.286 e. The van der Waals surface area contributed by atoms with Crippen LogP contribution in [0.4, 0.5) is 0 Å². The Morgan fingerprint density at radius 2 is 1.88 bits per heavy atom. The number of rotatable bonds is 8. The van der Waals surface area contributed by atoms with Crippen LogP contribution in [-0.2, 0) is 17.9 Å². The van der Waals surface area contributed by atoms with Gasteiger partial charge in [-0.1, -0.05) is 24.3 Å². The molecule has 0 radical (unpaired) electrons. The molecular weight excluding hydrogens is 332 g/mol. The zero-order valence-corrected chi connectivity index (χ0v) is 14.2. The van der Waals surface area contributed by atoms with E-state index in [0.29, 0.717) is 6.54 Å². The van der Waals surface area contributed by atoms with Crippen LogP contribution in [0, 0.1) is 0 Å². The molecule has 0 fully saturated rings. The summed E-state index contributed by atoms with van der Waals surface area (Å²) in [4.78, 5) is 27.6. The van der Waals surface area contributed by atoms with E-state index in [1.54, 1.807) is 24.7 Å². The third-order valence-electron chi connectivity index (χ3n) is 3.82. The number of imidazole rings is 1. The molecule has 0 unspecified atom stereocenters. The maximum absolute atomic E-state index is 11.9. The van der Waals surface area contributed by atoms with Crippen LogP contribution in [0.5, 0.6) is 0 Å². The molecule has 3 rings (SSSR count). The molecule has 7 heteroatoms. The summed E-state index contributed by atoms with van der Waals surface area (Å²) in [7, 11) is 0. The van der Waals surface area contributed by atoms with Gasteiger partial charge >= 0.3 is 0 Å². The molecular formula is C19H20N4O3. The van der Waals surface area contributed by atoms with Gasteiger partial charge in [0.05, 0.1) is 12.6 Å². The third kappa shape index (κ3) is 5.07. The number of hydrogen-bond acceptors (Lipinski definition) is 4. The first kappa shape index (κ1) is 17.5. The van der Waals surface area contributed by atoms with Crippen LogP contribution in [0.1, 0.15) is 28.1 Å². The molecule has 0 atom stereocenters. The molecule has 0 aliphatic rings. The lowest BCUT2D eigenvalue weighted by atomic mass is 10.1. The topological polar surface area (TPSA) is 89.2 Å². The molecule has 0 bridgehead atoms. The van der Waals surface area contributed by atoms with E-state index < -0.39 is 0 Å². The fourth-order valence-corrected chi connectivity index (χ4v) is 2.43. The van der Waals surface area contributed by atoms with Gasteiger partial charge in [0.15, 0.2) is 5.76 Å². The average molecular weight is 352 g/mol. The van der Waals surface area contributed by atoms with Crippen LogP contribution in [-0.4, -0.2) is 27.9 Å². The summed E-state index contributed by atoms with van der Waals surface area (Å²) in [5, 5.41) is 5.49. The summed E-state index contributed by atoms with van der Waals surface area (Å²) < 4.78 is 6.98. The van der Waals surface area contributed by atoms with Crippen molar-refractivity contribution in [3.63, 3.8) is 0 Å². The quantitative estimate of drug-likeness (QED) is 0.649. The molecule has 0 aliphatic carbocycles. The minimum absolute atomic E-state index is 0.118. The number of nitrogens with one attached hydrogen (secondary N) is 2. The van der Waals surface area contributed by atoms with Crippen LogP contribution >= 0.6 is 0 Å². The molecule has 2 aromatic heterocycles. The van der Waals surface area contributed by atoms with Crippen molar-refractivity contribution >= 4 is 11.8 Å². The van der Waals surface area contributed by atoms with Gasteiger partial charge in [-0.2, -0.15) is 0 Å². The number of aromatic nitrogens is 2. The Labute approximate surface area is 151 Å². The molecule has 0 saturated carbocycles. The highest BCUT2D eigenvalue weighted by atomic mass is 16.3. The molecule has 1 aromatic carbocycles. The predicted octanol–water partition coefficient (Wildman–Crippen LogP) is 1.96. The van der Waals surface area contributed by atoms with Crippen molar-refractivity contribution in [2.75, 3.05) is 6.54 Å². The molecule has 0 saturated heterocycles. The number of furan rings is 1. The van der Waals surface area contributed by atoms with E-state index in [1.807, 2.05) is 35.0 Å². The Morgan fingerprint density at radius 3 is 2.58 bits per heavy atom. The highest BCUT2D eigenvalue weighted by Crippen LogP contribution is 2.06. The van der Waals surface area contributed by atoms with Crippen molar-refractivity contribution in [3.8, 4) is 0 Å². The van der Waals surface area contributed by atoms with Gasteiger partial charge in [0, 0.05) is 38.4 Å². The zero-order chi connectivity index (χ0) is 18.2. The fraction of sp³-hybridized carbons (Fsp3) is 0.211. The summed E-state index contributed by atoms with van der Waals surface area (Å²) in [6, 6.07) is 11.3. The molecule has 2 amide bonds. The van der Waals surface area contributed by atoms with Crippen molar-refractivity contribution in [1.82, 2.24) is 20.2 Å². The number of nitrogens with zero attached hydrogens (tertiary/aromatic N) is 2. The van der Waals surface area contributed by atoms with Crippen molar-refractivity contribution in [3.05, 3.63) is 78.3 Å². The van der Waals surface area contributed by atoms with Gasteiger partial charge in [-0.25, -0.2) is 4.98 Å². The van der Waals surface area contributed by atoms with Crippen molar-refractivity contribution in [2.24, 2.45) is 0 Å². The maximum atomic E-state index is 11.9. The molecule has 0 spiro atoms. The molecule has 0 aliphatic heterocycles. The van der Waals surface area contributed by atoms with E-state index in [-0.39, 0.29) is 30.5 Å². The molecule has 2 N–H and O–H groups in total. The Balaban J connectivity index is 1.36. The van der Waals surface area contributed by atoms with E-state index in [4.69, 9.17) is 4.42 Å². The van der Waals surface area contributed by atoms with Crippen LogP contribution in [0.15, 0.2) is 65.8 Å². The van der Waals surface area contributed by atoms with E-state index >= 15 is 0 Å². The normalized spacial score (nSPS) is 10.5. The average Bonchev–Trinajstić information content (AvgIpc) is 3.35. The highest BCUT2D eigenvalue weighted by molar-refractivity contribution is 5.91. The first-order chi connectivity index (χ1) is 12.7. The van der Waals surface area contributed by atoms with Crippen LogP contribution in [0.25, 0.3) is 0 Å². The number of amides is 2. The van der Waals surface area contributed by atoms with Crippen molar-refractivity contribution in [2.45, 2.75) is 19.5 Å². The fourth-order valence-electron chi connectivity index (χ4n) is 2.43. The lowest BCUT2D eigenvalue weighted by molar-refractivity contribution is -0.121. The minimum Gasteiger partial charge on any atom is -0.459 e. The second-order valence-corrected chi connectivity index (χ2v) is 5.81. The summed E-state index contributed by atoms with van der Waals surface area (Å²) in [6.45, 7) is 1.48. The third-order valence-corrected chi connectivity index (χ3v) is 3.82. The SMILES string of the molecule is O=C(CCNC(=O)c1ccco1)NCc1ccc(Cn2ccnc2)cc1. The van der Waals surface area contributed by atoms with Crippen molar-refractivity contribution in [1.29, 1.82) is 0 Å². The lowest BCUT2D eigenvalue weighted by Crippen LogP contribution is -2.30. The van der Waals surface area contributed by atoms with Gasteiger partial charge in [-0.3, -0.25) is 9.59 Å². The lowest BCUT2D eigenvalue weighted by Gasteiger charge is -2.08. The van der Waals surface area contributed by atoms with Gasteiger partial charge in [0.2, 0.25) is 5.91 Å². The van der Waals surface area contributed by atoms with Crippen molar-refractivity contribution < 1.29 is 14.0 Å². The van der Waals surface area contributed by atoms with E-state index in [9.17, 15) is 9.59 Å². The molecule has 2 heterocycles. The molecule has 7 nitrogen and oxygen atoms in total. The summed E-state index contributed by atoms with van der Waals surface area (Å²) >= 11 is 0. The number of carbonyl (C=O) groups excluding carboxylic acids is 2. The van der Waals surface area contributed by atoms with E-state index in [1.165, 1.54) is 11.8 Å². The van der Waals surface area contributed by atoms with Gasteiger partial charge in [0.25, 0.3) is 5.91 Å². The monoisotopic (exact) mass is 352 g/mol. The Hall–Kier alpha value is -3.35. The number of carbonyl (C=O) groups is 2. The largest absolute Gasteiger partial charge is 0.459 e. The van der Waals surface area contributed by atoms with Gasteiger partial charge in [-0.05, 0) is 23.3 Å². The molecule has 3 aromatic rings. The second-order valence-electron chi connectivity index (χ2n) is 5.81. The second kappa shape index (κ2) is 8.66. The van der Waals surface area contributed by atoms with Gasteiger partial charge in [0.1, 0.15) is 0 Å². The minimum atomic E-state index is -0.323. The Bertz CT molecular complexity index is 824. The van der Waals surface area contributed by atoms with E-state index in [2.05, 4.69) is 15.6 Å². The Morgan fingerprint density at radius 1 is 1.08 bits per heavy atom. The summed E-state index contributed by atoms with van der Waals surface area (Å²) in [6.07, 6.45) is 7.09. The first-order valence-corrected chi connectivity index (χ1v) is 8.32. The predicted molar refractivity (Wildman–Crippen MR) is 95.3 cm³/mol. The molecule has 134 valence electrons. The summed E-state index contributed by atoms with van der Waals surface area (Å²) in [5.74, 6) is -0.204. The van der Waals surface area contributed by atoms with Crippen LogP contribution in [0.3, 0.4) is 0 Å². The maximum Gasteiger partial charge on any atom is 0.286 e. The standard InChI is InChI=1S/C19H20N4O3/c24-18(7-8-21-19(25)17-2-1-11-26-17)22-12-15-3-5-16(6-4-15)13-23-10-9-20-14-23/h1-6,9-11,14H,7-8,12-13H2,(H,21,25)(H,22,24). The molecule has 26 heavy (non-hydrogen) atoms.